The summed E-state index contributed by atoms with van der Waals surface area (Å²) in [5.41, 5.74) is 2.66. The molecule has 0 amide bonds. The van der Waals surface area contributed by atoms with Gasteiger partial charge < -0.3 is 10.1 Å². The van der Waals surface area contributed by atoms with Crippen LogP contribution in [0, 0.1) is 0 Å². The zero-order chi connectivity index (χ0) is 15.2. The van der Waals surface area contributed by atoms with Gasteiger partial charge in [-0.05, 0) is 37.1 Å². The van der Waals surface area contributed by atoms with Crippen molar-refractivity contribution in [2.45, 2.75) is 51.9 Å². The van der Waals surface area contributed by atoms with Gasteiger partial charge in [0.1, 0.15) is 0 Å². The summed E-state index contributed by atoms with van der Waals surface area (Å²) in [5.74, 6) is 0. The van der Waals surface area contributed by atoms with Crippen LogP contribution in [0.5, 0.6) is 0 Å². The van der Waals surface area contributed by atoms with Gasteiger partial charge >= 0.3 is 0 Å². The molecule has 1 aliphatic rings. The van der Waals surface area contributed by atoms with Gasteiger partial charge in [0.2, 0.25) is 0 Å². The minimum Gasteiger partial charge on any atom is -0.377 e. The van der Waals surface area contributed by atoms with Crippen LogP contribution in [-0.4, -0.2) is 37.2 Å². The van der Waals surface area contributed by atoms with E-state index < -0.39 is 0 Å². The van der Waals surface area contributed by atoms with Gasteiger partial charge in [-0.3, -0.25) is 4.90 Å². The minimum absolute atomic E-state index is 0.420. The van der Waals surface area contributed by atoms with E-state index in [9.17, 15) is 0 Å². The maximum Gasteiger partial charge on any atom is 0.0702 e. The third-order valence-corrected chi connectivity index (χ3v) is 4.55. The molecule has 1 N–H and O–H groups in total. The van der Waals surface area contributed by atoms with E-state index in [1.165, 1.54) is 28.4 Å². The molecular formula is C17H27BrN2O. The van der Waals surface area contributed by atoms with Gasteiger partial charge in [-0.15, -0.1) is 0 Å². The van der Waals surface area contributed by atoms with Crippen molar-refractivity contribution >= 4 is 15.9 Å². The van der Waals surface area contributed by atoms with Crippen molar-refractivity contribution in [3.8, 4) is 0 Å². The SMILES string of the molecule is CC(C)NCc1ccc(CN(C)CC2CCCO2)c(Br)c1. The molecule has 1 aromatic rings. The van der Waals surface area contributed by atoms with Gasteiger partial charge in [-0.25, -0.2) is 0 Å². The first-order valence-corrected chi connectivity index (χ1v) is 8.64. The molecular weight excluding hydrogens is 328 g/mol. The van der Waals surface area contributed by atoms with Gasteiger partial charge in [0.15, 0.2) is 0 Å². The van der Waals surface area contributed by atoms with E-state index >= 15 is 0 Å². The fourth-order valence-corrected chi connectivity index (χ4v) is 3.19. The molecule has 118 valence electrons. The van der Waals surface area contributed by atoms with Gasteiger partial charge in [0.05, 0.1) is 6.10 Å². The average Bonchev–Trinajstić information content (AvgIpc) is 2.92. The van der Waals surface area contributed by atoms with Crippen LogP contribution in [0.15, 0.2) is 22.7 Å². The Morgan fingerprint density at radius 1 is 1.43 bits per heavy atom. The summed E-state index contributed by atoms with van der Waals surface area (Å²) in [4.78, 5) is 2.35. The van der Waals surface area contributed by atoms with E-state index in [1.54, 1.807) is 0 Å². The van der Waals surface area contributed by atoms with Crippen LogP contribution in [0.1, 0.15) is 37.8 Å². The van der Waals surface area contributed by atoms with E-state index in [0.717, 1.165) is 26.2 Å². The Morgan fingerprint density at radius 2 is 2.24 bits per heavy atom. The smallest absolute Gasteiger partial charge is 0.0702 e. The molecule has 4 heteroatoms. The largest absolute Gasteiger partial charge is 0.377 e. The lowest BCUT2D eigenvalue weighted by atomic mass is 10.1. The third kappa shape index (κ3) is 5.70. The normalized spacial score (nSPS) is 18.9. The summed E-state index contributed by atoms with van der Waals surface area (Å²) in [6, 6.07) is 7.19. The van der Waals surface area contributed by atoms with E-state index in [-0.39, 0.29) is 0 Å². The number of ether oxygens (including phenoxy) is 1. The second-order valence-corrected chi connectivity index (χ2v) is 7.15. The molecule has 21 heavy (non-hydrogen) atoms. The zero-order valence-corrected chi connectivity index (χ0v) is 14.9. The van der Waals surface area contributed by atoms with Crippen LogP contribution in [0.4, 0.5) is 0 Å². The first-order valence-electron chi connectivity index (χ1n) is 7.85. The molecule has 1 heterocycles. The molecule has 1 fully saturated rings. The molecule has 1 unspecified atom stereocenters. The summed E-state index contributed by atoms with van der Waals surface area (Å²) < 4.78 is 6.90. The van der Waals surface area contributed by atoms with Crippen molar-refractivity contribution < 1.29 is 4.74 Å². The Bertz CT molecular complexity index is 444. The predicted octanol–water partition coefficient (Wildman–Crippen LogP) is 3.56. The molecule has 0 bridgehead atoms. The minimum atomic E-state index is 0.420. The van der Waals surface area contributed by atoms with Crippen molar-refractivity contribution in [3.63, 3.8) is 0 Å². The Morgan fingerprint density at radius 3 is 2.86 bits per heavy atom. The van der Waals surface area contributed by atoms with Crippen LogP contribution in [-0.2, 0) is 17.8 Å². The Hall–Kier alpha value is -0.420. The summed E-state index contributed by atoms with van der Waals surface area (Å²) in [7, 11) is 2.17. The molecule has 0 aliphatic carbocycles. The molecule has 3 nitrogen and oxygen atoms in total. The van der Waals surface area contributed by atoms with Crippen LogP contribution >= 0.6 is 15.9 Å². The Kier molecular flexibility index (Phi) is 6.68. The van der Waals surface area contributed by atoms with E-state index in [1.807, 2.05) is 0 Å². The number of hydrogen-bond acceptors (Lipinski definition) is 3. The molecule has 0 spiro atoms. The summed E-state index contributed by atoms with van der Waals surface area (Å²) in [6.07, 6.45) is 2.83. The second kappa shape index (κ2) is 8.28. The van der Waals surface area contributed by atoms with Gasteiger partial charge in [0.25, 0.3) is 0 Å². The quantitative estimate of drug-likeness (QED) is 0.810. The van der Waals surface area contributed by atoms with Crippen molar-refractivity contribution in [3.05, 3.63) is 33.8 Å². The summed E-state index contributed by atoms with van der Waals surface area (Å²) in [6.45, 7) is 8.16. The molecule has 1 aliphatic heterocycles. The van der Waals surface area contributed by atoms with Crippen molar-refractivity contribution in [2.24, 2.45) is 0 Å². The Labute approximate surface area is 137 Å². The number of halogens is 1. The number of nitrogens with zero attached hydrogens (tertiary/aromatic N) is 1. The first-order chi connectivity index (χ1) is 10.0. The van der Waals surface area contributed by atoms with E-state index in [0.29, 0.717) is 12.1 Å². The predicted molar refractivity (Wildman–Crippen MR) is 91.4 cm³/mol. The molecule has 1 saturated heterocycles. The number of nitrogens with one attached hydrogen (secondary N) is 1. The van der Waals surface area contributed by atoms with Crippen LogP contribution in [0.2, 0.25) is 0 Å². The van der Waals surface area contributed by atoms with Crippen molar-refractivity contribution in [1.29, 1.82) is 0 Å². The Balaban J connectivity index is 1.87. The summed E-state index contributed by atoms with van der Waals surface area (Å²) >= 11 is 3.71. The zero-order valence-electron chi connectivity index (χ0n) is 13.4. The average molecular weight is 355 g/mol. The van der Waals surface area contributed by atoms with Crippen molar-refractivity contribution in [1.82, 2.24) is 10.2 Å². The van der Waals surface area contributed by atoms with Gasteiger partial charge in [-0.1, -0.05) is 41.9 Å². The highest BCUT2D eigenvalue weighted by atomic mass is 79.9. The standard InChI is InChI=1S/C17H27BrN2O/c1-13(2)19-10-14-6-7-15(17(18)9-14)11-20(3)12-16-5-4-8-21-16/h6-7,9,13,16,19H,4-5,8,10-12H2,1-3H3. The van der Waals surface area contributed by atoms with E-state index in [2.05, 4.69) is 65.2 Å². The monoisotopic (exact) mass is 354 g/mol. The lowest BCUT2D eigenvalue weighted by Gasteiger charge is -2.21. The highest BCUT2D eigenvalue weighted by Crippen LogP contribution is 2.21. The molecule has 1 atom stereocenters. The first kappa shape index (κ1) is 16.9. The lowest BCUT2D eigenvalue weighted by Crippen LogP contribution is -2.28. The van der Waals surface area contributed by atoms with Gasteiger partial charge in [0, 0.05) is 36.8 Å². The number of rotatable bonds is 7. The topological polar surface area (TPSA) is 24.5 Å². The molecule has 0 saturated carbocycles. The van der Waals surface area contributed by atoms with Crippen LogP contribution in [0.3, 0.4) is 0 Å². The molecule has 0 aromatic heterocycles. The second-order valence-electron chi connectivity index (χ2n) is 6.29. The number of hydrogen-bond donors (Lipinski definition) is 1. The third-order valence-electron chi connectivity index (χ3n) is 3.81. The molecule has 2 rings (SSSR count). The number of likely N-dealkylation sites (N-methyl/N-ethyl adjacent to an activating group) is 1. The maximum absolute atomic E-state index is 5.70. The van der Waals surface area contributed by atoms with Crippen LogP contribution in [0.25, 0.3) is 0 Å². The molecule has 1 aromatic carbocycles. The summed E-state index contributed by atoms with van der Waals surface area (Å²) in [5, 5.41) is 3.45. The van der Waals surface area contributed by atoms with E-state index in [4.69, 9.17) is 4.74 Å². The maximum atomic E-state index is 5.70. The fraction of sp³-hybridized carbons (Fsp3) is 0.647. The van der Waals surface area contributed by atoms with Crippen molar-refractivity contribution in [2.75, 3.05) is 20.2 Å². The molecule has 0 radical (unpaired) electrons. The van der Waals surface area contributed by atoms with Gasteiger partial charge in [-0.2, -0.15) is 0 Å². The lowest BCUT2D eigenvalue weighted by molar-refractivity contribution is 0.0792. The van der Waals surface area contributed by atoms with Crippen LogP contribution < -0.4 is 5.32 Å². The number of benzene rings is 1. The highest BCUT2D eigenvalue weighted by molar-refractivity contribution is 9.10. The fourth-order valence-electron chi connectivity index (χ4n) is 2.64. The highest BCUT2D eigenvalue weighted by Gasteiger charge is 2.17.